The highest BCUT2D eigenvalue weighted by Crippen LogP contribution is 2.14. The second-order valence-electron chi connectivity index (χ2n) is 3.93. The summed E-state index contributed by atoms with van der Waals surface area (Å²) in [4.78, 5) is 0. The van der Waals surface area contributed by atoms with Crippen LogP contribution in [0, 0.1) is 0 Å². The van der Waals surface area contributed by atoms with Gasteiger partial charge < -0.3 is 10.2 Å². The first-order valence-corrected chi connectivity index (χ1v) is 5.55. The number of rotatable bonds is 4. The number of phenolic OH excluding ortho intramolecular Hbond substituents is 1. The van der Waals surface area contributed by atoms with Crippen molar-refractivity contribution in [1.82, 2.24) is 15.0 Å². The van der Waals surface area contributed by atoms with Gasteiger partial charge in [0.25, 0.3) is 0 Å². The first kappa shape index (κ1) is 11.6. The predicted octanol–water partition coefficient (Wildman–Crippen LogP) is 1.48. The van der Waals surface area contributed by atoms with E-state index < -0.39 is 6.10 Å². The SMILES string of the molecule is CCC(O)c1cn(Cc2ccc(O)cc2)nn1. The van der Waals surface area contributed by atoms with Gasteiger partial charge in [0.15, 0.2) is 0 Å². The van der Waals surface area contributed by atoms with Crippen LogP contribution >= 0.6 is 0 Å². The number of aromatic nitrogens is 3. The van der Waals surface area contributed by atoms with E-state index in [1.807, 2.05) is 19.1 Å². The summed E-state index contributed by atoms with van der Waals surface area (Å²) in [6.45, 7) is 2.47. The van der Waals surface area contributed by atoms with Crippen molar-refractivity contribution in [2.45, 2.75) is 26.0 Å². The van der Waals surface area contributed by atoms with E-state index in [4.69, 9.17) is 5.11 Å². The molecular formula is C12H15N3O2. The van der Waals surface area contributed by atoms with Gasteiger partial charge in [0.2, 0.25) is 0 Å². The van der Waals surface area contributed by atoms with Gasteiger partial charge in [0.05, 0.1) is 18.8 Å². The van der Waals surface area contributed by atoms with Gasteiger partial charge in [-0.3, -0.25) is 0 Å². The lowest BCUT2D eigenvalue weighted by Gasteiger charge is -2.02. The molecule has 1 aromatic heterocycles. The number of aromatic hydroxyl groups is 1. The van der Waals surface area contributed by atoms with E-state index in [2.05, 4.69) is 10.3 Å². The van der Waals surface area contributed by atoms with Gasteiger partial charge >= 0.3 is 0 Å². The van der Waals surface area contributed by atoms with Crippen LogP contribution in [-0.2, 0) is 6.54 Å². The average Bonchev–Trinajstić information content (AvgIpc) is 2.80. The second-order valence-corrected chi connectivity index (χ2v) is 3.93. The molecule has 5 heteroatoms. The van der Waals surface area contributed by atoms with Crippen LogP contribution in [0.15, 0.2) is 30.5 Å². The molecule has 0 radical (unpaired) electrons. The van der Waals surface area contributed by atoms with Crippen LogP contribution in [0.1, 0.15) is 30.7 Å². The van der Waals surface area contributed by atoms with Crippen molar-refractivity contribution in [2.24, 2.45) is 0 Å². The molecule has 0 amide bonds. The number of nitrogens with zero attached hydrogens (tertiary/aromatic N) is 3. The summed E-state index contributed by atoms with van der Waals surface area (Å²) in [7, 11) is 0. The molecule has 0 aliphatic heterocycles. The van der Waals surface area contributed by atoms with Gasteiger partial charge in [-0.05, 0) is 24.1 Å². The fourth-order valence-electron chi connectivity index (χ4n) is 1.54. The number of aliphatic hydroxyl groups is 1. The minimum Gasteiger partial charge on any atom is -0.508 e. The van der Waals surface area contributed by atoms with Crippen molar-refractivity contribution in [3.63, 3.8) is 0 Å². The van der Waals surface area contributed by atoms with Gasteiger partial charge in [-0.1, -0.05) is 24.3 Å². The van der Waals surface area contributed by atoms with Crippen LogP contribution in [0.2, 0.25) is 0 Å². The minimum absolute atomic E-state index is 0.245. The van der Waals surface area contributed by atoms with E-state index in [0.29, 0.717) is 18.7 Å². The third-order valence-electron chi connectivity index (χ3n) is 2.57. The highest BCUT2D eigenvalue weighted by atomic mass is 16.3. The molecule has 0 saturated carbocycles. The van der Waals surface area contributed by atoms with E-state index in [9.17, 15) is 5.11 Å². The molecule has 0 saturated heterocycles. The van der Waals surface area contributed by atoms with Crippen molar-refractivity contribution >= 4 is 0 Å². The zero-order chi connectivity index (χ0) is 12.3. The normalized spacial score (nSPS) is 12.6. The van der Waals surface area contributed by atoms with E-state index >= 15 is 0 Å². The topological polar surface area (TPSA) is 71.2 Å². The zero-order valence-corrected chi connectivity index (χ0v) is 9.61. The summed E-state index contributed by atoms with van der Waals surface area (Å²) in [5.74, 6) is 0.245. The van der Waals surface area contributed by atoms with Crippen LogP contribution < -0.4 is 0 Å². The van der Waals surface area contributed by atoms with Gasteiger partial charge in [0, 0.05) is 0 Å². The monoisotopic (exact) mass is 233 g/mol. The van der Waals surface area contributed by atoms with Crippen molar-refractivity contribution in [1.29, 1.82) is 0 Å². The quantitative estimate of drug-likeness (QED) is 0.839. The molecule has 90 valence electrons. The highest BCUT2D eigenvalue weighted by Gasteiger charge is 2.09. The number of phenols is 1. The first-order valence-electron chi connectivity index (χ1n) is 5.55. The lowest BCUT2D eigenvalue weighted by atomic mass is 10.2. The zero-order valence-electron chi connectivity index (χ0n) is 9.61. The standard InChI is InChI=1S/C12H15N3O2/c1-2-12(17)11-8-15(14-13-11)7-9-3-5-10(16)6-4-9/h3-6,8,12,16-17H,2,7H2,1H3. The molecule has 1 heterocycles. The third-order valence-corrected chi connectivity index (χ3v) is 2.57. The van der Waals surface area contributed by atoms with Gasteiger partial charge in [-0.2, -0.15) is 0 Å². The maximum Gasteiger partial charge on any atom is 0.115 e. The van der Waals surface area contributed by atoms with Gasteiger partial charge in [0.1, 0.15) is 11.4 Å². The number of hydrogen-bond donors (Lipinski definition) is 2. The molecule has 1 unspecified atom stereocenters. The molecule has 0 fully saturated rings. The Kier molecular flexibility index (Phi) is 3.39. The summed E-state index contributed by atoms with van der Waals surface area (Å²) in [5, 5.41) is 26.6. The van der Waals surface area contributed by atoms with Crippen LogP contribution in [0.3, 0.4) is 0 Å². The Bertz CT molecular complexity index is 479. The van der Waals surface area contributed by atoms with Crippen LogP contribution in [0.25, 0.3) is 0 Å². The molecule has 2 aromatic rings. The summed E-state index contributed by atoms with van der Waals surface area (Å²) >= 11 is 0. The van der Waals surface area contributed by atoms with Crippen molar-refractivity contribution in [2.75, 3.05) is 0 Å². The van der Waals surface area contributed by atoms with E-state index in [1.165, 1.54) is 0 Å². The molecular weight excluding hydrogens is 218 g/mol. The molecule has 0 aliphatic rings. The van der Waals surface area contributed by atoms with Crippen LogP contribution in [0.4, 0.5) is 0 Å². The first-order chi connectivity index (χ1) is 8.19. The Labute approximate surface area is 99.3 Å². The largest absolute Gasteiger partial charge is 0.508 e. The maximum atomic E-state index is 9.60. The Morgan fingerprint density at radius 2 is 2.00 bits per heavy atom. The molecule has 0 bridgehead atoms. The Hall–Kier alpha value is -1.88. The van der Waals surface area contributed by atoms with Gasteiger partial charge in [-0.25, -0.2) is 4.68 Å². The van der Waals surface area contributed by atoms with E-state index in [-0.39, 0.29) is 5.75 Å². The summed E-state index contributed by atoms with van der Waals surface area (Å²) < 4.78 is 1.67. The number of hydrogen-bond acceptors (Lipinski definition) is 4. The average molecular weight is 233 g/mol. The molecule has 0 spiro atoms. The summed E-state index contributed by atoms with van der Waals surface area (Å²) in [6, 6.07) is 6.92. The van der Waals surface area contributed by atoms with Crippen molar-refractivity contribution < 1.29 is 10.2 Å². The number of aliphatic hydroxyl groups excluding tert-OH is 1. The Balaban J connectivity index is 2.08. The third kappa shape index (κ3) is 2.82. The van der Waals surface area contributed by atoms with Crippen LogP contribution in [0.5, 0.6) is 5.75 Å². The molecule has 5 nitrogen and oxygen atoms in total. The summed E-state index contributed by atoms with van der Waals surface area (Å²) in [6.07, 6.45) is 1.81. The molecule has 1 aromatic carbocycles. The molecule has 2 N–H and O–H groups in total. The Morgan fingerprint density at radius 3 is 2.65 bits per heavy atom. The fraction of sp³-hybridized carbons (Fsp3) is 0.333. The molecule has 17 heavy (non-hydrogen) atoms. The highest BCUT2D eigenvalue weighted by molar-refractivity contribution is 5.25. The predicted molar refractivity (Wildman–Crippen MR) is 62.5 cm³/mol. The second kappa shape index (κ2) is 4.97. The molecule has 1 atom stereocenters. The molecule has 0 aliphatic carbocycles. The minimum atomic E-state index is -0.552. The fourth-order valence-corrected chi connectivity index (χ4v) is 1.54. The summed E-state index contributed by atoms with van der Waals surface area (Å²) in [5.41, 5.74) is 1.61. The lowest BCUT2D eigenvalue weighted by Crippen LogP contribution is -2.00. The number of benzene rings is 1. The lowest BCUT2D eigenvalue weighted by molar-refractivity contribution is 0.168. The van der Waals surface area contributed by atoms with Crippen molar-refractivity contribution in [3.8, 4) is 5.75 Å². The van der Waals surface area contributed by atoms with Crippen LogP contribution in [-0.4, -0.2) is 25.2 Å². The maximum absolute atomic E-state index is 9.60. The Morgan fingerprint density at radius 1 is 1.29 bits per heavy atom. The van der Waals surface area contributed by atoms with Gasteiger partial charge in [-0.15, -0.1) is 5.10 Å². The smallest absolute Gasteiger partial charge is 0.115 e. The van der Waals surface area contributed by atoms with Crippen molar-refractivity contribution in [3.05, 3.63) is 41.7 Å². The van der Waals surface area contributed by atoms with E-state index in [0.717, 1.165) is 5.56 Å². The van der Waals surface area contributed by atoms with E-state index in [1.54, 1.807) is 23.0 Å². The molecule has 2 rings (SSSR count).